The molecule has 21 heavy (non-hydrogen) atoms. The van der Waals surface area contributed by atoms with E-state index in [1.807, 2.05) is 24.3 Å². The standard InChI is InChI=1S/C15H21F3N2O/c16-15(17,18)11-20(13-4-5-13)8-1-9-21-14-6-2-12(10-19)3-7-14/h2-3,6-7,13H,1,4-5,8-11,19H2. The van der Waals surface area contributed by atoms with Crippen LogP contribution >= 0.6 is 0 Å². The third-order valence-electron chi connectivity index (χ3n) is 3.46. The molecule has 0 aromatic heterocycles. The molecule has 0 unspecified atom stereocenters. The van der Waals surface area contributed by atoms with Crippen molar-refractivity contribution in [3.63, 3.8) is 0 Å². The van der Waals surface area contributed by atoms with Crippen molar-refractivity contribution in [1.82, 2.24) is 4.90 Å². The molecule has 3 nitrogen and oxygen atoms in total. The van der Waals surface area contributed by atoms with E-state index in [0.29, 0.717) is 26.1 Å². The molecule has 1 aromatic carbocycles. The molecular weight excluding hydrogens is 281 g/mol. The van der Waals surface area contributed by atoms with E-state index < -0.39 is 12.7 Å². The minimum atomic E-state index is -4.12. The molecule has 2 N–H and O–H groups in total. The van der Waals surface area contributed by atoms with E-state index in [1.54, 1.807) is 0 Å². The minimum absolute atomic E-state index is 0.107. The lowest BCUT2D eigenvalue weighted by atomic mass is 10.2. The van der Waals surface area contributed by atoms with Gasteiger partial charge in [-0.05, 0) is 37.0 Å². The van der Waals surface area contributed by atoms with Gasteiger partial charge in [-0.25, -0.2) is 0 Å². The van der Waals surface area contributed by atoms with Gasteiger partial charge < -0.3 is 10.5 Å². The van der Waals surface area contributed by atoms with E-state index in [2.05, 4.69) is 0 Å². The summed E-state index contributed by atoms with van der Waals surface area (Å²) in [6, 6.07) is 7.54. The molecule has 1 aromatic rings. The third kappa shape index (κ3) is 5.93. The number of hydrogen-bond acceptors (Lipinski definition) is 3. The van der Waals surface area contributed by atoms with Gasteiger partial charge in [0, 0.05) is 19.1 Å². The van der Waals surface area contributed by atoms with Crippen LogP contribution in [0, 0.1) is 0 Å². The van der Waals surface area contributed by atoms with Crippen molar-refractivity contribution in [3.05, 3.63) is 29.8 Å². The SMILES string of the molecule is NCc1ccc(OCCCN(CC(F)(F)F)C2CC2)cc1. The number of alkyl halides is 3. The molecule has 1 fully saturated rings. The molecule has 0 bridgehead atoms. The first kappa shape index (κ1) is 16.1. The fraction of sp³-hybridized carbons (Fsp3) is 0.600. The first-order valence-corrected chi connectivity index (χ1v) is 7.20. The van der Waals surface area contributed by atoms with Crippen LogP contribution in [0.2, 0.25) is 0 Å². The van der Waals surface area contributed by atoms with Crippen LogP contribution in [0.25, 0.3) is 0 Å². The Bertz CT molecular complexity index is 430. The van der Waals surface area contributed by atoms with Gasteiger partial charge in [-0.2, -0.15) is 13.2 Å². The maximum atomic E-state index is 12.5. The van der Waals surface area contributed by atoms with Crippen molar-refractivity contribution in [1.29, 1.82) is 0 Å². The number of benzene rings is 1. The second-order valence-corrected chi connectivity index (χ2v) is 5.37. The fourth-order valence-corrected chi connectivity index (χ4v) is 2.24. The van der Waals surface area contributed by atoms with E-state index in [-0.39, 0.29) is 6.04 Å². The summed E-state index contributed by atoms with van der Waals surface area (Å²) in [5, 5.41) is 0. The number of halogens is 3. The van der Waals surface area contributed by atoms with Crippen LogP contribution < -0.4 is 10.5 Å². The van der Waals surface area contributed by atoms with Gasteiger partial charge in [0.2, 0.25) is 0 Å². The van der Waals surface area contributed by atoms with Gasteiger partial charge >= 0.3 is 6.18 Å². The number of rotatable bonds is 8. The summed E-state index contributed by atoms with van der Waals surface area (Å²) in [5.74, 6) is 0.723. The topological polar surface area (TPSA) is 38.5 Å². The molecule has 1 aliphatic carbocycles. The molecule has 0 saturated heterocycles. The highest BCUT2D eigenvalue weighted by Gasteiger charge is 2.37. The van der Waals surface area contributed by atoms with Gasteiger partial charge in [-0.1, -0.05) is 12.1 Å². The number of hydrogen-bond donors (Lipinski definition) is 1. The van der Waals surface area contributed by atoms with Crippen molar-refractivity contribution in [2.24, 2.45) is 5.73 Å². The van der Waals surface area contributed by atoms with E-state index in [9.17, 15) is 13.2 Å². The Morgan fingerprint density at radius 1 is 1.19 bits per heavy atom. The van der Waals surface area contributed by atoms with Crippen molar-refractivity contribution in [3.8, 4) is 5.75 Å². The summed E-state index contributed by atoms with van der Waals surface area (Å²) in [7, 11) is 0. The van der Waals surface area contributed by atoms with Crippen LogP contribution in [0.5, 0.6) is 5.75 Å². The molecule has 0 amide bonds. The number of nitrogens with zero attached hydrogens (tertiary/aromatic N) is 1. The summed E-state index contributed by atoms with van der Waals surface area (Å²) >= 11 is 0. The second-order valence-electron chi connectivity index (χ2n) is 5.37. The highest BCUT2D eigenvalue weighted by atomic mass is 19.4. The highest BCUT2D eigenvalue weighted by Crippen LogP contribution is 2.30. The van der Waals surface area contributed by atoms with Crippen LogP contribution in [-0.4, -0.2) is 36.8 Å². The number of ether oxygens (including phenoxy) is 1. The normalized spacial score (nSPS) is 15.5. The van der Waals surface area contributed by atoms with Crippen molar-refractivity contribution >= 4 is 0 Å². The summed E-state index contributed by atoms with van der Waals surface area (Å²) in [6.45, 7) is 0.505. The van der Waals surface area contributed by atoms with Crippen molar-refractivity contribution in [2.45, 2.75) is 38.0 Å². The quantitative estimate of drug-likeness (QED) is 0.750. The molecule has 0 heterocycles. The predicted octanol–water partition coefficient (Wildman–Crippen LogP) is 2.94. The minimum Gasteiger partial charge on any atom is -0.494 e. The molecule has 0 spiro atoms. The van der Waals surface area contributed by atoms with Gasteiger partial charge in [-0.15, -0.1) is 0 Å². The monoisotopic (exact) mass is 302 g/mol. The largest absolute Gasteiger partial charge is 0.494 e. The fourth-order valence-electron chi connectivity index (χ4n) is 2.24. The number of nitrogens with two attached hydrogens (primary N) is 1. The van der Waals surface area contributed by atoms with Crippen LogP contribution in [0.1, 0.15) is 24.8 Å². The first-order chi connectivity index (χ1) is 9.98. The molecular formula is C15H21F3N2O. The summed E-state index contributed by atoms with van der Waals surface area (Å²) in [6.07, 6.45) is -1.79. The zero-order chi connectivity index (χ0) is 15.3. The van der Waals surface area contributed by atoms with Crippen molar-refractivity contribution < 1.29 is 17.9 Å². The Labute approximate surface area is 122 Å². The van der Waals surface area contributed by atoms with Crippen LogP contribution in [0.3, 0.4) is 0 Å². The Morgan fingerprint density at radius 2 is 1.86 bits per heavy atom. The maximum Gasteiger partial charge on any atom is 0.401 e. The van der Waals surface area contributed by atoms with Gasteiger partial charge in [0.1, 0.15) is 5.75 Å². The zero-order valence-electron chi connectivity index (χ0n) is 11.9. The average Bonchev–Trinajstić information content (AvgIpc) is 3.26. The average molecular weight is 302 g/mol. The van der Waals surface area contributed by atoms with Crippen LogP contribution in [0.15, 0.2) is 24.3 Å². The van der Waals surface area contributed by atoms with Gasteiger partial charge in [0.05, 0.1) is 13.2 Å². The lowest BCUT2D eigenvalue weighted by molar-refractivity contribution is -0.147. The van der Waals surface area contributed by atoms with Crippen molar-refractivity contribution in [2.75, 3.05) is 19.7 Å². The molecule has 0 radical (unpaired) electrons. The molecule has 1 aliphatic rings. The molecule has 118 valence electrons. The molecule has 6 heteroatoms. The van der Waals surface area contributed by atoms with Gasteiger partial charge in [0.25, 0.3) is 0 Å². The first-order valence-electron chi connectivity index (χ1n) is 7.20. The Kier molecular flexibility index (Phi) is 5.47. The Morgan fingerprint density at radius 3 is 2.38 bits per heavy atom. The molecule has 2 rings (SSSR count). The highest BCUT2D eigenvalue weighted by molar-refractivity contribution is 5.26. The summed E-state index contributed by atoms with van der Waals surface area (Å²) in [4.78, 5) is 1.51. The van der Waals surface area contributed by atoms with E-state index in [0.717, 1.165) is 24.2 Å². The second kappa shape index (κ2) is 7.13. The maximum absolute atomic E-state index is 12.5. The third-order valence-corrected chi connectivity index (χ3v) is 3.46. The lowest BCUT2D eigenvalue weighted by Gasteiger charge is -2.23. The summed E-state index contributed by atoms with van der Waals surface area (Å²) < 4.78 is 42.9. The van der Waals surface area contributed by atoms with E-state index in [1.165, 1.54) is 4.90 Å². The molecule has 0 aliphatic heterocycles. The van der Waals surface area contributed by atoms with Crippen LogP contribution in [0.4, 0.5) is 13.2 Å². The van der Waals surface area contributed by atoms with Crippen LogP contribution in [-0.2, 0) is 6.54 Å². The lowest BCUT2D eigenvalue weighted by Crippen LogP contribution is -2.37. The van der Waals surface area contributed by atoms with Gasteiger partial charge in [-0.3, -0.25) is 4.90 Å². The van der Waals surface area contributed by atoms with Gasteiger partial charge in [0.15, 0.2) is 0 Å². The Balaban J connectivity index is 1.69. The van der Waals surface area contributed by atoms with E-state index in [4.69, 9.17) is 10.5 Å². The van der Waals surface area contributed by atoms with E-state index >= 15 is 0 Å². The zero-order valence-corrected chi connectivity index (χ0v) is 11.9. The Hall–Kier alpha value is -1.27. The predicted molar refractivity (Wildman–Crippen MR) is 75.1 cm³/mol. The smallest absolute Gasteiger partial charge is 0.401 e. The molecule has 1 saturated carbocycles. The summed E-state index contributed by atoms with van der Waals surface area (Å²) in [5.41, 5.74) is 6.52. The molecule has 0 atom stereocenters.